The molecule has 0 aliphatic rings. The van der Waals surface area contributed by atoms with Crippen molar-refractivity contribution in [2.75, 3.05) is 12.4 Å². The molecule has 3 rings (SSSR count). The molecule has 0 aromatic carbocycles. The quantitative estimate of drug-likeness (QED) is 0.712. The fourth-order valence-electron chi connectivity index (χ4n) is 2.37. The van der Waals surface area contributed by atoms with Crippen LogP contribution >= 0.6 is 0 Å². The molecule has 3 aromatic rings. The summed E-state index contributed by atoms with van der Waals surface area (Å²) < 4.78 is 10.2. The molecule has 3 heterocycles. The standard InChI is InChI=1S/C16H16N4O4/c1-4-12-11(16(22)23-3)6-13(24-12)15(21)18-9-5-10-8(2)19-20-14(10)17-7-9/h5-7H,4H2,1-3H3,(H,18,21)(H,17,19,20). The van der Waals surface area contributed by atoms with Gasteiger partial charge in [0.25, 0.3) is 5.91 Å². The third-order valence-corrected chi connectivity index (χ3v) is 3.62. The van der Waals surface area contributed by atoms with Gasteiger partial charge in [0, 0.05) is 23.6 Å². The number of aryl methyl sites for hydroxylation is 2. The van der Waals surface area contributed by atoms with Gasteiger partial charge in [-0.1, -0.05) is 6.92 Å². The lowest BCUT2D eigenvalue weighted by atomic mass is 10.2. The van der Waals surface area contributed by atoms with Crippen molar-refractivity contribution in [1.29, 1.82) is 0 Å². The number of ether oxygens (including phenoxy) is 1. The highest BCUT2D eigenvalue weighted by Gasteiger charge is 2.21. The van der Waals surface area contributed by atoms with Gasteiger partial charge in [-0.15, -0.1) is 0 Å². The first-order valence-electron chi connectivity index (χ1n) is 7.36. The van der Waals surface area contributed by atoms with Crippen LogP contribution in [0.25, 0.3) is 11.0 Å². The molecule has 0 unspecified atom stereocenters. The molecule has 0 aliphatic carbocycles. The summed E-state index contributed by atoms with van der Waals surface area (Å²) in [5.74, 6) is -0.559. The zero-order chi connectivity index (χ0) is 17.3. The number of aromatic amines is 1. The van der Waals surface area contributed by atoms with E-state index in [0.29, 0.717) is 23.5 Å². The van der Waals surface area contributed by atoms with Crippen molar-refractivity contribution in [3.05, 3.63) is 41.1 Å². The summed E-state index contributed by atoms with van der Waals surface area (Å²) in [5, 5.41) is 10.4. The fourth-order valence-corrected chi connectivity index (χ4v) is 2.37. The number of amides is 1. The predicted octanol–water partition coefficient (Wildman–Crippen LogP) is 2.46. The molecule has 24 heavy (non-hydrogen) atoms. The molecule has 0 saturated carbocycles. The first-order valence-corrected chi connectivity index (χ1v) is 7.36. The van der Waals surface area contributed by atoms with Gasteiger partial charge in [0.1, 0.15) is 11.3 Å². The third-order valence-electron chi connectivity index (χ3n) is 3.62. The second-order valence-electron chi connectivity index (χ2n) is 5.19. The van der Waals surface area contributed by atoms with Crippen LogP contribution in [0.4, 0.5) is 5.69 Å². The van der Waals surface area contributed by atoms with Crippen molar-refractivity contribution in [2.45, 2.75) is 20.3 Å². The van der Waals surface area contributed by atoms with Crippen LogP contribution < -0.4 is 5.32 Å². The van der Waals surface area contributed by atoms with Gasteiger partial charge in [-0.25, -0.2) is 9.78 Å². The molecular weight excluding hydrogens is 312 g/mol. The van der Waals surface area contributed by atoms with Crippen LogP contribution in [0.3, 0.4) is 0 Å². The number of aromatic nitrogens is 3. The number of nitrogens with one attached hydrogen (secondary N) is 2. The number of H-pyrrole nitrogens is 1. The summed E-state index contributed by atoms with van der Waals surface area (Å²) in [6.07, 6.45) is 1.98. The van der Waals surface area contributed by atoms with E-state index in [9.17, 15) is 9.59 Å². The van der Waals surface area contributed by atoms with Crippen LogP contribution in [-0.2, 0) is 11.2 Å². The minimum absolute atomic E-state index is 0.0382. The molecule has 0 bridgehead atoms. The topological polar surface area (TPSA) is 110 Å². The van der Waals surface area contributed by atoms with E-state index >= 15 is 0 Å². The van der Waals surface area contributed by atoms with E-state index in [-0.39, 0.29) is 11.3 Å². The molecule has 0 atom stereocenters. The smallest absolute Gasteiger partial charge is 0.341 e. The normalized spacial score (nSPS) is 10.8. The number of hydrogen-bond acceptors (Lipinski definition) is 6. The van der Waals surface area contributed by atoms with E-state index in [4.69, 9.17) is 9.15 Å². The third kappa shape index (κ3) is 2.73. The van der Waals surface area contributed by atoms with E-state index in [2.05, 4.69) is 20.5 Å². The van der Waals surface area contributed by atoms with Gasteiger partial charge in [0.05, 0.1) is 19.0 Å². The van der Waals surface area contributed by atoms with Gasteiger partial charge < -0.3 is 14.5 Å². The van der Waals surface area contributed by atoms with Crippen molar-refractivity contribution in [3.8, 4) is 0 Å². The molecule has 3 aromatic heterocycles. The number of methoxy groups -OCH3 is 1. The van der Waals surface area contributed by atoms with Gasteiger partial charge >= 0.3 is 5.97 Å². The first-order chi connectivity index (χ1) is 11.5. The molecule has 0 aliphatic heterocycles. The largest absolute Gasteiger partial charge is 0.465 e. The second-order valence-corrected chi connectivity index (χ2v) is 5.19. The van der Waals surface area contributed by atoms with Gasteiger partial charge in [-0.05, 0) is 13.0 Å². The number of esters is 1. The summed E-state index contributed by atoms with van der Waals surface area (Å²) >= 11 is 0. The Bertz CT molecular complexity index is 925. The zero-order valence-electron chi connectivity index (χ0n) is 13.5. The number of pyridine rings is 1. The van der Waals surface area contributed by atoms with Crippen LogP contribution in [0.1, 0.15) is 39.3 Å². The van der Waals surface area contributed by atoms with Crippen LogP contribution in [0, 0.1) is 6.92 Å². The van der Waals surface area contributed by atoms with E-state index in [0.717, 1.165) is 11.1 Å². The predicted molar refractivity (Wildman–Crippen MR) is 86.0 cm³/mol. The van der Waals surface area contributed by atoms with E-state index in [1.807, 2.05) is 13.8 Å². The Hall–Kier alpha value is -3.16. The maximum Gasteiger partial charge on any atom is 0.341 e. The Morgan fingerprint density at radius 3 is 2.88 bits per heavy atom. The average Bonchev–Trinajstić information content (AvgIpc) is 3.18. The van der Waals surface area contributed by atoms with Crippen LogP contribution in [0.2, 0.25) is 0 Å². The van der Waals surface area contributed by atoms with Crippen molar-refractivity contribution in [2.24, 2.45) is 0 Å². The lowest BCUT2D eigenvalue weighted by Crippen LogP contribution is -2.11. The average molecular weight is 328 g/mol. The molecular formula is C16H16N4O4. The zero-order valence-corrected chi connectivity index (χ0v) is 13.5. The Labute approximate surface area is 137 Å². The lowest BCUT2D eigenvalue weighted by molar-refractivity contribution is 0.0598. The number of fused-ring (bicyclic) bond motifs is 1. The minimum Gasteiger partial charge on any atom is -0.465 e. The maximum absolute atomic E-state index is 12.4. The second kappa shape index (κ2) is 6.15. The van der Waals surface area contributed by atoms with Crippen molar-refractivity contribution < 1.29 is 18.7 Å². The molecule has 8 nitrogen and oxygen atoms in total. The fraction of sp³-hybridized carbons (Fsp3) is 0.250. The summed E-state index contributed by atoms with van der Waals surface area (Å²) in [5.41, 5.74) is 2.19. The van der Waals surface area contributed by atoms with E-state index < -0.39 is 11.9 Å². The monoisotopic (exact) mass is 328 g/mol. The number of anilines is 1. The van der Waals surface area contributed by atoms with Crippen molar-refractivity contribution in [1.82, 2.24) is 15.2 Å². The van der Waals surface area contributed by atoms with Crippen LogP contribution in [0.15, 0.2) is 22.7 Å². The van der Waals surface area contributed by atoms with Crippen molar-refractivity contribution in [3.63, 3.8) is 0 Å². The Kier molecular flexibility index (Phi) is 4.03. The van der Waals surface area contributed by atoms with Crippen LogP contribution in [-0.4, -0.2) is 34.2 Å². The number of carbonyl (C=O) groups is 2. The van der Waals surface area contributed by atoms with Gasteiger partial charge in [0.2, 0.25) is 0 Å². The van der Waals surface area contributed by atoms with Gasteiger partial charge in [-0.2, -0.15) is 5.10 Å². The van der Waals surface area contributed by atoms with Gasteiger partial charge in [-0.3, -0.25) is 9.89 Å². The van der Waals surface area contributed by atoms with Gasteiger partial charge in [0.15, 0.2) is 11.4 Å². The number of nitrogens with zero attached hydrogens (tertiary/aromatic N) is 2. The Morgan fingerprint density at radius 1 is 1.38 bits per heavy atom. The Morgan fingerprint density at radius 2 is 2.17 bits per heavy atom. The maximum atomic E-state index is 12.4. The highest BCUT2D eigenvalue weighted by molar-refractivity contribution is 6.04. The molecule has 0 spiro atoms. The molecule has 0 fully saturated rings. The minimum atomic E-state index is -0.535. The number of carbonyl (C=O) groups excluding carboxylic acids is 2. The van der Waals surface area contributed by atoms with Crippen molar-refractivity contribution >= 4 is 28.6 Å². The molecule has 8 heteroatoms. The molecule has 2 N–H and O–H groups in total. The SMILES string of the molecule is CCc1oc(C(=O)Nc2cnc3n[nH]c(C)c3c2)cc1C(=O)OC. The summed E-state index contributed by atoms with van der Waals surface area (Å²) in [6, 6.07) is 3.15. The first kappa shape index (κ1) is 15.7. The van der Waals surface area contributed by atoms with E-state index in [1.54, 1.807) is 6.07 Å². The molecule has 0 radical (unpaired) electrons. The van der Waals surface area contributed by atoms with Crippen LogP contribution in [0.5, 0.6) is 0 Å². The summed E-state index contributed by atoms with van der Waals surface area (Å²) in [4.78, 5) is 28.2. The summed E-state index contributed by atoms with van der Waals surface area (Å²) in [6.45, 7) is 3.69. The lowest BCUT2D eigenvalue weighted by Gasteiger charge is -2.02. The highest BCUT2D eigenvalue weighted by atomic mass is 16.5. The Balaban J connectivity index is 1.87. The molecule has 124 valence electrons. The number of rotatable bonds is 4. The molecule has 1 amide bonds. The van der Waals surface area contributed by atoms with E-state index in [1.165, 1.54) is 19.4 Å². The number of furan rings is 1. The highest BCUT2D eigenvalue weighted by Crippen LogP contribution is 2.21. The number of hydrogen-bond donors (Lipinski definition) is 2. The summed E-state index contributed by atoms with van der Waals surface area (Å²) in [7, 11) is 1.28. The molecule has 0 saturated heterocycles.